The number of sulfonamides is 1. The van der Waals surface area contributed by atoms with Gasteiger partial charge in [-0.1, -0.05) is 12.1 Å². The molecule has 1 amide bonds. The Labute approximate surface area is 161 Å². The van der Waals surface area contributed by atoms with Crippen molar-refractivity contribution in [1.82, 2.24) is 0 Å². The quantitative estimate of drug-likeness (QED) is 0.667. The van der Waals surface area contributed by atoms with Crippen LogP contribution in [0.2, 0.25) is 0 Å². The summed E-state index contributed by atoms with van der Waals surface area (Å²) in [5, 5.41) is 2.53. The molecule has 28 heavy (non-hydrogen) atoms. The maximum Gasteiger partial charge on any atom is 0.261 e. The van der Waals surface area contributed by atoms with Gasteiger partial charge in [0.1, 0.15) is 11.6 Å². The summed E-state index contributed by atoms with van der Waals surface area (Å²) < 4.78 is 53.9. The molecule has 0 heterocycles. The van der Waals surface area contributed by atoms with Crippen molar-refractivity contribution in [2.45, 2.75) is 11.8 Å². The van der Waals surface area contributed by atoms with Crippen LogP contribution in [-0.2, 0) is 10.0 Å². The molecule has 0 aliphatic carbocycles. The monoisotopic (exact) mass is 402 g/mol. The Morgan fingerprint density at radius 3 is 2.25 bits per heavy atom. The van der Waals surface area contributed by atoms with E-state index >= 15 is 0 Å². The van der Waals surface area contributed by atoms with Crippen LogP contribution in [0.5, 0.6) is 0 Å². The third-order valence-electron chi connectivity index (χ3n) is 3.93. The summed E-state index contributed by atoms with van der Waals surface area (Å²) >= 11 is 0. The lowest BCUT2D eigenvalue weighted by Crippen LogP contribution is -2.16. The molecule has 0 spiro atoms. The Hall–Kier alpha value is -3.26. The number of aryl methyl sites for hydroxylation is 1. The van der Waals surface area contributed by atoms with Gasteiger partial charge in [-0.25, -0.2) is 17.2 Å². The van der Waals surface area contributed by atoms with Crippen LogP contribution in [0.25, 0.3) is 0 Å². The van der Waals surface area contributed by atoms with Crippen molar-refractivity contribution in [2.24, 2.45) is 0 Å². The first-order valence-corrected chi connectivity index (χ1v) is 9.69. The van der Waals surface area contributed by atoms with Crippen LogP contribution >= 0.6 is 0 Å². The first kappa shape index (κ1) is 19.5. The summed E-state index contributed by atoms with van der Waals surface area (Å²) in [6, 6.07) is 14.5. The van der Waals surface area contributed by atoms with Gasteiger partial charge in [0.15, 0.2) is 0 Å². The van der Waals surface area contributed by atoms with E-state index < -0.39 is 27.6 Å². The first-order chi connectivity index (χ1) is 13.2. The Balaban J connectivity index is 1.81. The zero-order valence-electron chi connectivity index (χ0n) is 14.7. The van der Waals surface area contributed by atoms with Crippen molar-refractivity contribution in [3.8, 4) is 0 Å². The van der Waals surface area contributed by atoms with E-state index in [0.29, 0.717) is 5.56 Å². The highest BCUT2D eigenvalue weighted by Gasteiger charge is 2.17. The van der Waals surface area contributed by atoms with Gasteiger partial charge in [-0.2, -0.15) is 0 Å². The molecule has 144 valence electrons. The summed E-state index contributed by atoms with van der Waals surface area (Å²) in [5.41, 5.74) is 0.970. The number of rotatable bonds is 5. The van der Waals surface area contributed by atoms with E-state index in [2.05, 4.69) is 10.0 Å². The van der Waals surface area contributed by atoms with Crippen molar-refractivity contribution in [2.75, 3.05) is 10.0 Å². The lowest BCUT2D eigenvalue weighted by Gasteiger charge is -2.10. The summed E-state index contributed by atoms with van der Waals surface area (Å²) in [6.45, 7) is 1.60. The Bertz CT molecular complexity index is 1130. The number of carbonyl (C=O) groups is 1. The number of carbonyl (C=O) groups excluding carboxylic acids is 1. The summed E-state index contributed by atoms with van der Waals surface area (Å²) in [5.74, 6) is -1.53. The fourth-order valence-corrected chi connectivity index (χ4v) is 3.51. The van der Waals surface area contributed by atoms with Crippen LogP contribution in [0.1, 0.15) is 15.9 Å². The minimum absolute atomic E-state index is 0.0861. The third kappa shape index (κ3) is 4.52. The molecule has 0 aliphatic heterocycles. The highest BCUT2D eigenvalue weighted by Crippen LogP contribution is 2.19. The predicted molar refractivity (Wildman–Crippen MR) is 103 cm³/mol. The highest BCUT2D eigenvalue weighted by atomic mass is 32.2. The lowest BCUT2D eigenvalue weighted by molar-refractivity contribution is 0.102. The van der Waals surface area contributed by atoms with Crippen molar-refractivity contribution < 1.29 is 22.0 Å². The third-order valence-corrected chi connectivity index (χ3v) is 5.31. The molecule has 0 fully saturated rings. The summed E-state index contributed by atoms with van der Waals surface area (Å²) in [7, 11) is -3.98. The molecule has 0 saturated carbocycles. The van der Waals surface area contributed by atoms with Crippen molar-refractivity contribution in [3.63, 3.8) is 0 Å². The van der Waals surface area contributed by atoms with Gasteiger partial charge < -0.3 is 5.32 Å². The van der Waals surface area contributed by atoms with Gasteiger partial charge in [0.2, 0.25) is 0 Å². The first-order valence-electron chi connectivity index (χ1n) is 8.20. The minimum atomic E-state index is -3.98. The SMILES string of the molecule is Cc1ccc(NC(=O)c2cccc(S(=O)(=O)Nc3ccc(F)cc3)c2)cc1F. The molecule has 8 heteroatoms. The van der Waals surface area contributed by atoms with Crippen molar-refractivity contribution in [3.05, 3.63) is 89.5 Å². The van der Waals surface area contributed by atoms with Crippen LogP contribution < -0.4 is 10.0 Å². The molecule has 2 N–H and O–H groups in total. The van der Waals surface area contributed by atoms with Crippen molar-refractivity contribution >= 4 is 27.3 Å². The fourth-order valence-electron chi connectivity index (χ4n) is 2.41. The Morgan fingerprint density at radius 2 is 1.57 bits per heavy atom. The average Bonchev–Trinajstić information content (AvgIpc) is 2.66. The predicted octanol–water partition coefficient (Wildman–Crippen LogP) is 4.33. The molecule has 0 aliphatic rings. The smallest absolute Gasteiger partial charge is 0.261 e. The normalized spacial score (nSPS) is 11.1. The Morgan fingerprint density at radius 1 is 0.893 bits per heavy atom. The highest BCUT2D eigenvalue weighted by molar-refractivity contribution is 7.92. The van der Waals surface area contributed by atoms with E-state index in [1.165, 1.54) is 48.5 Å². The zero-order valence-corrected chi connectivity index (χ0v) is 15.6. The minimum Gasteiger partial charge on any atom is -0.322 e. The molecule has 0 unspecified atom stereocenters. The van der Waals surface area contributed by atoms with Gasteiger partial charge in [-0.05, 0) is 67.1 Å². The van der Waals surface area contributed by atoms with Crippen LogP contribution in [0, 0.1) is 18.6 Å². The molecular weight excluding hydrogens is 386 g/mol. The molecular formula is C20H16F2N2O3S. The van der Waals surface area contributed by atoms with Gasteiger partial charge in [0.05, 0.1) is 4.90 Å². The number of hydrogen-bond acceptors (Lipinski definition) is 3. The standard InChI is InChI=1S/C20H16F2N2O3S/c1-13-5-8-17(12-19(13)22)23-20(25)14-3-2-4-18(11-14)28(26,27)24-16-9-6-15(21)7-10-16/h2-12,24H,1H3,(H,23,25). The summed E-state index contributed by atoms with van der Waals surface area (Å²) in [4.78, 5) is 12.3. The molecule has 3 rings (SSSR count). The second-order valence-electron chi connectivity index (χ2n) is 6.06. The van der Waals surface area contributed by atoms with E-state index in [4.69, 9.17) is 0 Å². The van der Waals surface area contributed by atoms with Crippen LogP contribution in [0.15, 0.2) is 71.6 Å². The summed E-state index contributed by atoms with van der Waals surface area (Å²) in [6.07, 6.45) is 0. The number of hydrogen-bond donors (Lipinski definition) is 2. The Kier molecular flexibility index (Phi) is 5.41. The zero-order chi connectivity index (χ0) is 20.3. The molecule has 3 aromatic rings. The van der Waals surface area contributed by atoms with Gasteiger partial charge in [-0.3, -0.25) is 9.52 Å². The van der Waals surface area contributed by atoms with Crippen LogP contribution in [-0.4, -0.2) is 14.3 Å². The van der Waals surface area contributed by atoms with Gasteiger partial charge >= 0.3 is 0 Å². The van der Waals surface area contributed by atoms with E-state index in [1.807, 2.05) is 0 Å². The maximum atomic E-state index is 13.6. The molecule has 0 saturated heterocycles. The molecule has 3 aromatic carbocycles. The molecule has 5 nitrogen and oxygen atoms in total. The van der Waals surface area contributed by atoms with Gasteiger partial charge in [0.25, 0.3) is 15.9 Å². The fraction of sp³-hybridized carbons (Fsp3) is 0.0500. The van der Waals surface area contributed by atoms with Crippen LogP contribution in [0.4, 0.5) is 20.2 Å². The van der Waals surface area contributed by atoms with Crippen LogP contribution in [0.3, 0.4) is 0 Å². The van der Waals surface area contributed by atoms with E-state index in [0.717, 1.165) is 12.1 Å². The maximum absolute atomic E-state index is 13.6. The molecule has 0 atom stereocenters. The van der Waals surface area contributed by atoms with Crippen molar-refractivity contribution in [1.29, 1.82) is 0 Å². The number of benzene rings is 3. The second kappa shape index (κ2) is 7.77. The number of anilines is 2. The van der Waals surface area contributed by atoms with E-state index in [1.54, 1.807) is 13.0 Å². The van der Waals surface area contributed by atoms with Gasteiger partial charge in [-0.15, -0.1) is 0 Å². The molecule has 0 aromatic heterocycles. The molecule has 0 radical (unpaired) electrons. The average molecular weight is 402 g/mol. The molecule has 0 bridgehead atoms. The number of amides is 1. The second-order valence-corrected chi connectivity index (χ2v) is 7.74. The van der Waals surface area contributed by atoms with Gasteiger partial charge in [0, 0.05) is 16.9 Å². The van der Waals surface area contributed by atoms with E-state index in [-0.39, 0.29) is 21.8 Å². The number of nitrogens with one attached hydrogen (secondary N) is 2. The number of halogens is 2. The lowest BCUT2D eigenvalue weighted by atomic mass is 10.2. The largest absolute Gasteiger partial charge is 0.322 e. The van der Waals surface area contributed by atoms with E-state index in [9.17, 15) is 22.0 Å². The topological polar surface area (TPSA) is 75.3 Å².